The molecule has 0 aromatic heterocycles. The molecule has 101 heavy (non-hydrogen) atoms. The smallest absolute Gasteiger partial charge is 0.338 e. The standard InChI is InChI=1S/C44H65FN2O3S.C43H63FN2O3S/c1-29(2)31-14-19-44(46-22-9-23-47-24-26-51(8,50)27-25-47)21-20-42(6)34(38(31)44)12-13-37-41(5)17-15-33(30-10-11-32(39(48)49)35(45)28-30)40(3,4)36(41)16-18-43(37,42)7;1-28(2)30-13-18-43(45-21-22-46-23-25-50(8,49)26-24-46)20-19-41(6)33(37(30)43)11-12-36-40(5)16-14-32(29-9-10-31(38(47)48)34(44)27-29)39(3,4)35(40)15-17-42(36,41)7/h10-11,15,28,31,34,36-38,46H,1,8-9,12-14,16-27H2,2-7H3,(H,48,49);9-10,14,27,30,33,35-37,45H,1,8,11-13,15-26H2,2-7H3,(H,47,48)/t31-,34+,36-,37+,38+,41-,42+,43+,44-;30-,33+,35-,36+,37+,40-,41+,42+,43-/m00/s1. The van der Waals surface area contributed by atoms with E-state index >= 15 is 0 Å². The molecule has 0 radical (unpaired) electrons. The number of allylic oxidation sites excluding steroid dienone is 6. The van der Waals surface area contributed by atoms with E-state index in [1.165, 1.54) is 149 Å². The van der Waals surface area contributed by atoms with Crippen LogP contribution >= 0.6 is 0 Å². The van der Waals surface area contributed by atoms with Crippen LogP contribution in [0.1, 0.15) is 237 Å². The minimum absolute atomic E-state index is 0.147. The van der Waals surface area contributed by atoms with Crippen molar-refractivity contribution in [1.29, 1.82) is 0 Å². The van der Waals surface area contributed by atoms with Gasteiger partial charge in [0, 0.05) is 73.4 Å². The van der Waals surface area contributed by atoms with E-state index < -0.39 is 42.6 Å². The Hall–Kier alpha value is -3.92. The van der Waals surface area contributed by atoms with Crippen LogP contribution in [0.5, 0.6) is 0 Å². The predicted octanol–water partition coefficient (Wildman–Crippen LogP) is 17.5. The first-order valence-electron chi connectivity index (χ1n) is 39.7. The van der Waals surface area contributed by atoms with Gasteiger partial charge in [-0.1, -0.05) is 118 Å². The molecule has 10 fully saturated rings. The zero-order chi connectivity index (χ0) is 72.8. The van der Waals surface area contributed by atoms with Crippen molar-refractivity contribution in [3.8, 4) is 0 Å². The summed E-state index contributed by atoms with van der Waals surface area (Å²) in [6.45, 7) is 46.9. The molecular weight excluding hydrogens is 1300 g/mol. The van der Waals surface area contributed by atoms with Crippen molar-refractivity contribution >= 4 is 53.9 Å². The molecular formula is C87H128F2N4O6S2. The van der Waals surface area contributed by atoms with Crippen molar-refractivity contribution in [1.82, 2.24) is 20.4 Å². The van der Waals surface area contributed by atoms with E-state index in [1.54, 1.807) is 0 Å². The Labute approximate surface area is 608 Å². The highest BCUT2D eigenvalue weighted by Gasteiger charge is 2.73. The molecule has 558 valence electrons. The molecule has 0 unspecified atom stereocenters. The lowest BCUT2D eigenvalue weighted by molar-refractivity contribution is -0.219. The number of benzene rings is 2. The van der Waals surface area contributed by atoms with E-state index in [9.17, 15) is 37.0 Å². The van der Waals surface area contributed by atoms with Crippen LogP contribution < -0.4 is 10.6 Å². The van der Waals surface area contributed by atoms with Gasteiger partial charge in [-0.3, -0.25) is 8.42 Å². The minimum Gasteiger partial charge on any atom is -0.478 e. The monoisotopic (exact) mass is 1430 g/mol. The van der Waals surface area contributed by atoms with Crippen molar-refractivity contribution in [3.63, 3.8) is 0 Å². The molecule has 0 amide bonds. The molecule has 2 aromatic rings. The van der Waals surface area contributed by atoms with Gasteiger partial charge in [0.2, 0.25) is 0 Å². The second-order valence-corrected chi connectivity index (χ2v) is 43.9. The summed E-state index contributed by atoms with van der Waals surface area (Å²) in [4.78, 5) is 28.1. The van der Waals surface area contributed by atoms with Gasteiger partial charge in [-0.2, -0.15) is 0 Å². The molecule has 10 nitrogen and oxygen atoms in total. The predicted molar refractivity (Wildman–Crippen MR) is 415 cm³/mol. The summed E-state index contributed by atoms with van der Waals surface area (Å²) in [7, 11) is -3.73. The van der Waals surface area contributed by atoms with Crippen molar-refractivity contribution in [2.24, 2.45) is 102 Å². The summed E-state index contributed by atoms with van der Waals surface area (Å²) in [5.41, 5.74) is 7.59. The number of nitrogens with zero attached hydrogens (tertiary/aromatic N) is 2. The zero-order valence-corrected chi connectivity index (χ0v) is 65.8. The summed E-state index contributed by atoms with van der Waals surface area (Å²) in [6.07, 6.45) is 27.8. The van der Waals surface area contributed by atoms with Gasteiger partial charge in [-0.25, -0.2) is 18.4 Å². The van der Waals surface area contributed by atoms with Gasteiger partial charge in [0.05, 0.1) is 11.1 Å². The molecule has 8 saturated carbocycles. The number of nitrogens with one attached hydrogen (secondary N) is 2. The van der Waals surface area contributed by atoms with Gasteiger partial charge in [-0.15, -0.1) is 0 Å². The van der Waals surface area contributed by atoms with Gasteiger partial charge in [-0.05, 0) is 329 Å². The Morgan fingerprint density at radius 3 is 1.27 bits per heavy atom. The van der Waals surface area contributed by atoms with Crippen LogP contribution in [0.15, 0.2) is 72.9 Å². The third kappa shape index (κ3) is 12.3. The molecule has 4 N–H and O–H groups in total. The number of hydrogen-bond acceptors (Lipinski definition) is 8. The molecule has 18 atom stereocenters. The van der Waals surface area contributed by atoms with Crippen LogP contribution in [0.3, 0.4) is 0 Å². The summed E-state index contributed by atoms with van der Waals surface area (Å²) < 4.78 is 54.7. The highest BCUT2D eigenvalue weighted by atomic mass is 32.2. The number of aromatic carboxylic acids is 2. The number of hydrogen-bond donors (Lipinski definition) is 4. The van der Waals surface area contributed by atoms with Crippen molar-refractivity contribution in [2.75, 3.05) is 75.4 Å². The molecule has 14 rings (SSSR count). The first-order chi connectivity index (χ1) is 47.3. The number of carbonyl (C=O) groups is 2. The lowest BCUT2D eigenvalue weighted by Gasteiger charge is -2.72. The van der Waals surface area contributed by atoms with E-state index in [0.717, 1.165) is 106 Å². The number of fused-ring (bicyclic) bond motifs is 14. The molecule has 12 aliphatic rings. The quantitative estimate of drug-likeness (QED) is 0.0774. The fourth-order valence-corrected chi connectivity index (χ4v) is 30.7. The molecule has 2 aliphatic heterocycles. The molecule has 0 bridgehead atoms. The lowest BCUT2D eigenvalue weighted by atomic mass is 9.33. The fraction of sp³-hybridized carbons (Fsp3) is 0.724. The first-order valence-corrected chi connectivity index (χ1v) is 43.8. The third-order valence-corrected chi connectivity index (χ3v) is 37.2. The molecule has 10 aliphatic carbocycles. The Morgan fingerprint density at radius 2 is 0.891 bits per heavy atom. The second-order valence-electron chi connectivity index (χ2n) is 38.4. The Balaban J connectivity index is 0.000000181. The number of halogens is 2. The third-order valence-electron chi connectivity index (χ3n) is 33.5. The number of carboxylic acids is 2. The topological polar surface area (TPSA) is 139 Å². The highest BCUT2D eigenvalue weighted by molar-refractivity contribution is 8.00. The van der Waals surface area contributed by atoms with E-state index in [0.29, 0.717) is 59.2 Å². The van der Waals surface area contributed by atoms with Gasteiger partial charge < -0.3 is 30.6 Å². The summed E-state index contributed by atoms with van der Waals surface area (Å²) in [6, 6.07) is 9.42. The molecule has 14 heteroatoms. The van der Waals surface area contributed by atoms with Crippen molar-refractivity contribution in [3.05, 3.63) is 107 Å². The van der Waals surface area contributed by atoms with Gasteiger partial charge in [0.15, 0.2) is 0 Å². The van der Waals surface area contributed by atoms with Crippen molar-refractivity contribution in [2.45, 2.75) is 216 Å². The van der Waals surface area contributed by atoms with Gasteiger partial charge in [0.1, 0.15) is 11.6 Å². The summed E-state index contributed by atoms with van der Waals surface area (Å²) in [5.74, 6) is 13.0. The molecule has 2 saturated heterocycles. The molecule has 2 aromatic carbocycles. The maximum Gasteiger partial charge on any atom is 0.338 e. The number of rotatable bonds is 15. The summed E-state index contributed by atoms with van der Waals surface area (Å²) >= 11 is 0. The van der Waals surface area contributed by atoms with E-state index in [4.69, 9.17) is 0 Å². The van der Waals surface area contributed by atoms with E-state index in [1.807, 2.05) is 12.1 Å². The van der Waals surface area contributed by atoms with E-state index in [-0.39, 0.29) is 65.5 Å². The van der Waals surface area contributed by atoms with Gasteiger partial charge >= 0.3 is 11.9 Å². The maximum atomic E-state index is 14.9. The van der Waals surface area contributed by atoms with Crippen LogP contribution in [-0.4, -0.2) is 139 Å². The Bertz CT molecular complexity index is 3890. The first kappa shape index (κ1) is 75.3. The van der Waals surface area contributed by atoms with Crippen molar-refractivity contribution < 1.29 is 37.0 Å². The highest BCUT2D eigenvalue weighted by Crippen LogP contribution is 2.79. The van der Waals surface area contributed by atoms with Crippen LogP contribution in [0.4, 0.5) is 8.78 Å². The maximum absolute atomic E-state index is 14.9. The van der Waals surface area contributed by atoms with Gasteiger partial charge in [0.25, 0.3) is 0 Å². The molecule has 0 spiro atoms. The molecule has 2 heterocycles. The Kier molecular flexibility index (Phi) is 19.8. The Morgan fingerprint density at radius 1 is 0.505 bits per heavy atom. The van der Waals surface area contributed by atoms with Crippen LogP contribution in [0, 0.1) is 114 Å². The SMILES string of the molecule is C=C(C)[C@@H]1CC[C@]2(NCCCN3CCS(=C)(=O)CC3)CC[C@]3(C)[C@H](CC[C@@H]4[C@@]5(C)CC=C(c6ccc(C(=O)O)c(F)c6)C(C)(C)[C@@H]5CC[C@]43C)[C@@H]12.C=C(C)[C@@H]1CC[C@]2(NCCN3CCS(=C)(=O)CC3)CC[C@]3(C)[C@H](CC[C@@H]4[C@@]5(C)CC=C(c6ccc(C(=O)O)c(F)c6)C(C)(C)[C@@H]5CC[C@]43C)[C@@H]12. The zero-order valence-electron chi connectivity index (χ0n) is 64.1. The number of carboxylic acid groups (broad SMARTS) is 2. The average Bonchev–Trinajstić information content (AvgIpc) is 1.58. The largest absolute Gasteiger partial charge is 0.478 e. The van der Waals surface area contributed by atoms with Crippen LogP contribution in [-0.2, 0) is 19.0 Å². The van der Waals surface area contributed by atoms with Crippen LogP contribution in [0.2, 0.25) is 0 Å². The van der Waals surface area contributed by atoms with E-state index in [2.05, 4.69) is 141 Å². The average molecular weight is 1430 g/mol. The lowest BCUT2D eigenvalue weighted by Crippen LogP contribution is -2.68. The van der Waals surface area contributed by atoms with Crippen LogP contribution in [0.25, 0.3) is 11.1 Å². The second kappa shape index (κ2) is 26.5. The fourth-order valence-electron chi connectivity index (χ4n) is 28.0. The normalized spacial score (nSPS) is 41.7. The minimum atomic E-state index is -1.88. The summed E-state index contributed by atoms with van der Waals surface area (Å²) in [5, 5.41) is 27.4.